The van der Waals surface area contributed by atoms with Crippen LogP contribution >= 0.6 is 27.5 Å². The van der Waals surface area contributed by atoms with Gasteiger partial charge in [-0.25, -0.2) is 0 Å². The van der Waals surface area contributed by atoms with Crippen molar-refractivity contribution in [3.05, 3.63) is 33.3 Å². The topological polar surface area (TPSA) is 63.4 Å². The van der Waals surface area contributed by atoms with E-state index in [4.69, 9.17) is 17.3 Å². The van der Waals surface area contributed by atoms with Gasteiger partial charge in [0.05, 0.1) is 6.54 Å². The van der Waals surface area contributed by atoms with Gasteiger partial charge in [0.15, 0.2) is 0 Å². The van der Waals surface area contributed by atoms with Gasteiger partial charge in [-0.15, -0.1) is 0 Å². The number of benzene rings is 1. The summed E-state index contributed by atoms with van der Waals surface area (Å²) in [6.07, 6.45) is 0. The smallest absolute Gasteiger partial charge is 0.254 e. The van der Waals surface area contributed by atoms with Gasteiger partial charge in [0.1, 0.15) is 0 Å². The number of hydrogen-bond acceptors (Lipinski definition) is 2. The van der Waals surface area contributed by atoms with Gasteiger partial charge in [0.2, 0.25) is 5.91 Å². The zero-order valence-corrected chi connectivity index (χ0v) is 11.6. The van der Waals surface area contributed by atoms with Crippen LogP contribution in [0.1, 0.15) is 17.3 Å². The highest BCUT2D eigenvalue weighted by molar-refractivity contribution is 9.10. The van der Waals surface area contributed by atoms with E-state index in [0.29, 0.717) is 21.6 Å². The second kappa shape index (κ2) is 6.02. The van der Waals surface area contributed by atoms with Gasteiger partial charge in [-0.05, 0) is 25.1 Å². The standard InChI is InChI=1S/C11H12BrClN2O2/c1-2-15(6-10(14)16)11(17)7-3-8(12)5-9(13)4-7/h3-5H,2,6H2,1H3,(H2,14,16). The molecule has 1 aromatic carbocycles. The molecule has 17 heavy (non-hydrogen) atoms. The summed E-state index contributed by atoms with van der Waals surface area (Å²) >= 11 is 9.11. The molecule has 0 aliphatic carbocycles. The molecule has 2 amide bonds. The van der Waals surface area contributed by atoms with E-state index in [1.165, 1.54) is 4.90 Å². The van der Waals surface area contributed by atoms with Crippen molar-refractivity contribution in [2.75, 3.05) is 13.1 Å². The van der Waals surface area contributed by atoms with Gasteiger partial charge in [-0.2, -0.15) is 0 Å². The first-order valence-electron chi connectivity index (χ1n) is 4.97. The lowest BCUT2D eigenvalue weighted by Gasteiger charge is -2.19. The summed E-state index contributed by atoms with van der Waals surface area (Å²) in [7, 11) is 0. The van der Waals surface area contributed by atoms with Gasteiger partial charge in [-0.3, -0.25) is 9.59 Å². The maximum Gasteiger partial charge on any atom is 0.254 e. The summed E-state index contributed by atoms with van der Waals surface area (Å²) < 4.78 is 0.712. The van der Waals surface area contributed by atoms with Crippen LogP contribution in [0.15, 0.2) is 22.7 Å². The lowest BCUT2D eigenvalue weighted by atomic mass is 10.2. The van der Waals surface area contributed by atoms with E-state index in [-0.39, 0.29) is 12.5 Å². The number of carbonyl (C=O) groups is 2. The van der Waals surface area contributed by atoms with Crippen LogP contribution in [0, 0.1) is 0 Å². The van der Waals surface area contributed by atoms with Crippen LogP contribution in [-0.4, -0.2) is 29.8 Å². The number of nitrogens with two attached hydrogens (primary N) is 1. The minimum Gasteiger partial charge on any atom is -0.368 e. The minimum atomic E-state index is -0.540. The summed E-state index contributed by atoms with van der Waals surface area (Å²) in [5.74, 6) is -0.809. The van der Waals surface area contributed by atoms with Crippen molar-refractivity contribution >= 4 is 39.3 Å². The molecule has 0 saturated carbocycles. The van der Waals surface area contributed by atoms with E-state index in [0.717, 1.165) is 0 Å². The fourth-order valence-corrected chi connectivity index (χ4v) is 2.24. The van der Waals surface area contributed by atoms with E-state index in [1.54, 1.807) is 25.1 Å². The molecule has 6 heteroatoms. The third-order valence-corrected chi connectivity index (χ3v) is 2.80. The summed E-state index contributed by atoms with van der Waals surface area (Å²) in [6, 6.07) is 4.89. The van der Waals surface area contributed by atoms with E-state index >= 15 is 0 Å². The Morgan fingerprint density at radius 2 is 2.06 bits per heavy atom. The second-order valence-corrected chi connectivity index (χ2v) is 4.80. The average molecular weight is 320 g/mol. The Hall–Kier alpha value is -1.07. The van der Waals surface area contributed by atoms with Gasteiger partial charge in [0.25, 0.3) is 5.91 Å². The van der Waals surface area contributed by atoms with Crippen LogP contribution in [0.3, 0.4) is 0 Å². The van der Waals surface area contributed by atoms with Crippen molar-refractivity contribution in [1.29, 1.82) is 0 Å². The average Bonchev–Trinajstić information content (AvgIpc) is 2.23. The van der Waals surface area contributed by atoms with Crippen LogP contribution in [0.25, 0.3) is 0 Å². The molecule has 0 aromatic heterocycles. The fourth-order valence-electron chi connectivity index (χ4n) is 1.38. The highest BCUT2D eigenvalue weighted by Gasteiger charge is 2.16. The third-order valence-electron chi connectivity index (χ3n) is 2.13. The Kier molecular flexibility index (Phi) is 4.96. The third kappa shape index (κ3) is 4.02. The van der Waals surface area contributed by atoms with Gasteiger partial charge in [-0.1, -0.05) is 27.5 Å². The lowest BCUT2D eigenvalue weighted by molar-refractivity contribution is -0.118. The van der Waals surface area contributed by atoms with Crippen molar-refractivity contribution in [2.24, 2.45) is 5.73 Å². The summed E-state index contributed by atoms with van der Waals surface area (Å²) in [6.45, 7) is 2.09. The number of primary amides is 1. The molecular formula is C11H12BrClN2O2. The maximum atomic E-state index is 12.1. The lowest BCUT2D eigenvalue weighted by Crippen LogP contribution is -2.38. The number of halogens is 2. The first-order chi connectivity index (χ1) is 7.93. The monoisotopic (exact) mass is 318 g/mol. The highest BCUT2D eigenvalue weighted by atomic mass is 79.9. The molecule has 0 spiro atoms. The Balaban J connectivity index is 2.97. The van der Waals surface area contributed by atoms with Gasteiger partial charge in [0, 0.05) is 21.6 Å². The summed E-state index contributed by atoms with van der Waals surface area (Å²) in [5.41, 5.74) is 5.50. The van der Waals surface area contributed by atoms with Crippen molar-refractivity contribution in [3.8, 4) is 0 Å². The molecule has 92 valence electrons. The molecule has 0 unspecified atom stereocenters. The van der Waals surface area contributed by atoms with Crippen molar-refractivity contribution in [1.82, 2.24) is 4.90 Å². The van der Waals surface area contributed by atoms with Crippen molar-refractivity contribution < 1.29 is 9.59 Å². The van der Waals surface area contributed by atoms with Crippen LogP contribution < -0.4 is 5.73 Å². The summed E-state index contributed by atoms with van der Waals surface area (Å²) in [4.78, 5) is 24.2. The molecular weight excluding hydrogens is 307 g/mol. The maximum absolute atomic E-state index is 12.1. The van der Waals surface area contributed by atoms with Crippen molar-refractivity contribution in [3.63, 3.8) is 0 Å². The predicted molar refractivity (Wildman–Crippen MR) is 69.9 cm³/mol. The minimum absolute atomic E-state index is 0.0978. The molecule has 1 rings (SSSR count). The number of hydrogen-bond donors (Lipinski definition) is 1. The number of rotatable bonds is 4. The molecule has 0 atom stereocenters. The fraction of sp³-hybridized carbons (Fsp3) is 0.273. The van der Waals surface area contributed by atoms with E-state index in [2.05, 4.69) is 15.9 Å². The second-order valence-electron chi connectivity index (χ2n) is 3.44. The number of carbonyl (C=O) groups excluding carboxylic acids is 2. The van der Waals surface area contributed by atoms with Crippen molar-refractivity contribution in [2.45, 2.75) is 6.92 Å². The first kappa shape index (κ1) is 14.0. The van der Waals surface area contributed by atoms with Crippen LogP contribution in [0.5, 0.6) is 0 Å². The van der Waals surface area contributed by atoms with Crippen LogP contribution in [0.2, 0.25) is 5.02 Å². The molecule has 0 radical (unpaired) electrons. The zero-order chi connectivity index (χ0) is 13.0. The molecule has 4 nitrogen and oxygen atoms in total. The summed E-state index contributed by atoms with van der Waals surface area (Å²) in [5, 5.41) is 0.456. The zero-order valence-electron chi connectivity index (χ0n) is 9.24. The predicted octanol–water partition coefficient (Wildman–Crippen LogP) is 2.05. The molecule has 0 aliphatic rings. The molecule has 1 aromatic rings. The molecule has 0 bridgehead atoms. The van der Waals surface area contributed by atoms with Gasteiger partial charge < -0.3 is 10.6 Å². The Morgan fingerprint density at radius 3 is 2.53 bits per heavy atom. The molecule has 0 saturated heterocycles. The quantitative estimate of drug-likeness (QED) is 0.923. The highest BCUT2D eigenvalue weighted by Crippen LogP contribution is 2.20. The molecule has 0 fully saturated rings. The number of nitrogens with zero attached hydrogens (tertiary/aromatic N) is 1. The Labute approximate surface area is 113 Å². The Bertz CT molecular complexity index is 431. The normalized spacial score (nSPS) is 10.1. The SMILES string of the molecule is CCN(CC(N)=O)C(=O)c1cc(Cl)cc(Br)c1. The van der Waals surface area contributed by atoms with Crippen LogP contribution in [0.4, 0.5) is 0 Å². The molecule has 0 aliphatic heterocycles. The molecule has 0 heterocycles. The van der Waals surface area contributed by atoms with E-state index < -0.39 is 5.91 Å². The first-order valence-corrected chi connectivity index (χ1v) is 6.14. The largest absolute Gasteiger partial charge is 0.368 e. The van der Waals surface area contributed by atoms with Crippen LogP contribution in [-0.2, 0) is 4.79 Å². The Morgan fingerprint density at radius 1 is 1.41 bits per heavy atom. The number of likely N-dealkylation sites (N-methyl/N-ethyl adjacent to an activating group) is 1. The molecule has 2 N–H and O–H groups in total. The van der Waals surface area contributed by atoms with E-state index in [9.17, 15) is 9.59 Å². The number of amides is 2. The van der Waals surface area contributed by atoms with Gasteiger partial charge >= 0.3 is 0 Å². The van der Waals surface area contributed by atoms with E-state index in [1.807, 2.05) is 0 Å².